The van der Waals surface area contributed by atoms with Gasteiger partial charge in [-0.15, -0.1) is 0 Å². The van der Waals surface area contributed by atoms with Gasteiger partial charge in [0.1, 0.15) is 17.5 Å². The van der Waals surface area contributed by atoms with E-state index in [9.17, 15) is 27.6 Å². The van der Waals surface area contributed by atoms with Crippen LogP contribution < -0.4 is 9.80 Å². The fraction of sp³-hybridized carbons (Fsp3) is 0.300. The molecule has 0 N–H and O–H groups in total. The summed E-state index contributed by atoms with van der Waals surface area (Å²) in [5.41, 5.74) is 1.48. The lowest BCUT2D eigenvalue weighted by molar-refractivity contribution is -0.146. The van der Waals surface area contributed by atoms with E-state index in [4.69, 9.17) is 4.74 Å². The number of likely N-dealkylation sites (tertiary alicyclic amines) is 1. The SMILES string of the molecule is COC(=O)C1CCN(C(=O)N2CCc3c(CC(=O)N(c4cccc(F)c4)c4ccccc4F)cc(F)cc32)CC1. The number of urea groups is 1. The van der Waals surface area contributed by atoms with Crippen LogP contribution in [0.15, 0.2) is 60.7 Å². The normalized spacial score (nSPS) is 15.1. The molecule has 1 saturated heterocycles. The number of nitrogens with zero attached hydrogens (tertiary/aromatic N) is 3. The number of piperidine rings is 1. The molecule has 0 spiro atoms. The number of halogens is 3. The molecule has 7 nitrogen and oxygen atoms in total. The molecule has 2 aliphatic rings. The molecular weight excluding hydrogens is 523 g/mol. The van der Waals surface area contributed by atoms with Crippen molar-refractivity contribution in [2.45, 2.75) is 25.7 Å². The van der Waals surface area contributed by atoms with Crippen LogP contribution in [-0.2, 0) is 27.2 Å². The number of rotatable bonds is 5. The van der Waals surface area contributed by atoms with Gasteiger partial charge in [0.15, 0.2) is 0 Å². The minimum absolute atomic E-state index is 0.0571. The van der Waals surface area contributed by atoms with Crippen molar-refractivity contribution in [3.8, 4) is 0 Å². The molecule has 1 fully saturated rings. The molecule has 208 valence electrons. The third-order valence-electron chi connectivity index (χ3n) is 7.44. The zero-order chi connectivity index (χ0) is 28.4. The minimum atomic E-state index is -0.669. The zero-order valence-electron chi connectivity index (χ0n) is 21.9. The van der Waals surface area contributed by atoms with Crippen LogP contribution in [0.25, 0.3) is 0 Å². The van der Waals surface area contributed by atoms with Crippen LogP contribution in [0.1, 0.15) is 24.0 Å². The smallest absolute Gasteiger partial charge is 0.324 e. The Morgan fingerprint density at radius 3 is 2.38 bits per heavy atom. The van der Waals surface area contributed by atoms with Gasteiger partial charge in [0.05, 0.1) is 36.5 Å². The van der Waals surface area contributed by atoms with Gasteiger partial charge in [0, 0.05) is 19.6 Å². The average molecular weight is 552 g/mol. The number of carbonyl (C=O) groups excluding carboxylic acids is 3. The van der Waals surface area contributed by atoms with Gasteiger partial charge < -0.3 is 9.64 Å². The summed E-state index contributed by atoms with van der Waals surface area (Å²) in [4.78, 5) is 43.1. The van der Waals surface area contributed by atoms with Crippen molar-refractivity contribution in [3.05, 3.63) is 89.2 Å². The summed E-state index contributed by atoms with van der Waals surface area (Å²) in [5, 5.41) is 0. The number of hydrogen-bond donors (Lipinski definition) is 0. The van der Waals surface area contributed by atoms with Gasteiger partial charge in [-0.1, -0.05) is 18.2 Å². The van der Waals surface area contributed by atoms with Gasteiger partial charge in [0.25, 0.3) is 0 Å². The summed E-state index contributed by atoms with van der Waals surface area (Å²) in [6.07, 6.45) is 1.07. The second kappa shape index (κ2) is 11.4. The van der Waals surface area contributed by atoms with E-state index in [1.54, 1.807) is 11.0 Å². The number of fused-ring (bicyclic) bond motifs is 1. The second-order valence-corrected chi connectivity index (χ2v) is 9.87. The third-order valence-corrected chi connectivity index (χ3v) is 7.44. The summed E-state index contributed by atoms with van der Waals surface area (Å²) >= 11 is 0. The Hall–Kier alpha value is -4.34. The molecule has 3 amide bonds. The lowest BCUT2D eigenvalue weighted by Gasteiger charge is -2.33. The summed E-state index contributed by atoms with van der Waals surface area (Å²) in [6.45, 7) is 1.04. The number of anilines is 3. The van der Waals surface area contributed by atoms with Crippen LogP contribution in [0.2, 0.25) is 0 Å². The highest BCUT2D eigenvalue weighted by atomic mass is 19.1. The lowest BCUT2D eigenvalue weighted by Crippen LogP contribution is -2.47. The standard InChI is InChI=1S/C30H28F3N3O4/c1-40-29(38)19-9-12-34(13-10-19)30(39)35-14-11-24-20(15-22(32)18-27(24)35)16-28(37)36(23-6-4-5-21(31)17-23)26-8-3-2-7-25(26)33/h2-8,15,17-19H,9-14,16H2,1H3. The van der Waals surface area contributed by atoms with Crippen molar-refractivity contribution in [2.24, 2.45) is 5.92 Å². The molecule has 40 heavy (non-hydrogen) atoms. The fourth-order valence-electron chi connectivity index (χ4n) is 5.46. The Bertz CT molecular complexity index is 1460. The zero-order valence-corrected chi connectivity index (χ0v) is 21.9. The molecule has 0 radical (unpaired) electrons. The van der Waals surface area contributed by atoms with Crippen LogP contribution >= 0.6 is 0 Å². The van der Waals surface area contributed by atoms with E-state index in [1.165, 1.54) is 60.5 Å². The largest absolute Gasteiger partial charge is 0.469 e. The van der Waals surface area contributed by atoms with Crippen molar-refractivity contribution in [1.82, 2.24) is 4.90 Å². The Labute approximate surface area is 229 Å². The molecule has 0 aliphatic carbocycles. The third kappa shape index (κ3) is 5.38. The number of esters is 1. The Kier molecular flexibility index (Phi) is 7.77. The fourth-order valence-corrected chi connectivity index (χ4v) is 5.46. The predicted octanol–water partition coefficient (Wildman–Crippen LogP) is 5.38. The summed E-state index contributed by atoms with van der Waals surface area (Å²) < 4.78 is 48.5. The van der Waals surface area contributed by atoms with E-state index < -0.39 is 23.4 Å². The first-order valence-electron chi connectivity index (χ1n) is 13.1. The van der Waals surface area contributed by atoms with Crippen LogP contribution in [0.4, 0.5) is 35.0 Å². The number of methoxy groups -OCH3 is 1. The van der Waals surface area contributed by atoms with Crippen LogP contribution in [0.5, 0.6) is 0 Å². The summed E-state index contributed by atoms with van der Waals surface area (Å²) in [7, 11) is 1.34. The Morgan fingerprint density at radius 1 is 0.925 bits per heavy atom. The van der Waals surface area contributed by atoms with E-state index in [1.807, 2.05) is 0 Å². The molecule has 0 aromatic heterocycles. The van der Waals surface area contributed by atoms with E-state index in [0.717, 1.165) is 11.0 Å². The van der Waals surface area contributed by atoms with Gasteiger partial charge in [-0.25, -0.2) is 18.0 Å². The van der Waals surface area contributed by atoms with Crippen molar-refractivity contribution >= 4 is 35.0 Å². The highest BCUT2D eigenvalue weighted by molar-refractivity contribution is 6.02. The molecule has 0 saturated carbocycles. The van der Waals surface area contributed by atoms with Gasteiger partial charge >= 0.3 is 12.0 Å². The van der Waals surface area contributed by atoms with Crippen LogP contribution in [-0.4, -0.2) is 49.6 Å². The van der Waals surface area contributed by atoms with Crippen molar-refractivity contribution < 1.29 is 32.3 Å². The van der Waals surface area contributed by atoms with E-state index >= 15 is 0 Å². The molecule has 3 aromatic rings. The van der Waals surface area contributed by atoms with Gasteiger partial charge in [-0.05, 0) is 72.9 Å². The monoisotopic (exact) mass is 551 g/mol. The maximum absolute atomic E-state index is 14.9. The Morgan fingerprint density at radius 2 is 1.68 bits per heavy atom. The first kappa shape index (κ1) is 27.2. The molecule has 2 aliphatic heterocycles. The van der Waals surface area contributed by atoms with E-state index in [0.29, 0.717) is 55.7 Å². The second-order valence-electron chi connectivity index (χ2n) is 9.87. The first-order chi connectivity index (χ1) is 19.3. The molecule has 10 heteroatoms. The Balaban J connectivity index is 1.40. The van der Waals surface area contributed by atoms with Crippen molar-refractivity contribution in [2.75, 3.05) is 36.5 Å². The maximum atomic E-state index is 14.9. The quantitative estimate of drug-likeness (QED) is 0.400. The number of hydrogen-bond acceptors (Lipinski definition) is 4. The van der Waals surface area contributed by atoms with E-state index in [-0.39, 0.29) is 35.7 Å². The highest BCUT2D eigenvalue weighted by Crippen LogP contribution is 2.35. The number of para-hydroxylation sites is 1. The van der Waals surface area contributed by atoms with E-state index in [2.05, 4.69) is 0 Å². The number of amides is 3. The summed E-state index contributed by atoms with van der Waals surface area (Å²) in [5.74, 6) is -3.02. The predicted molar refractivity (Wildman–Crippen MR) is 143 cm³/mol. The number of ether oxygens (including phenoxy) is 1. The molecular formula is C30H28F3N3O4. The topological polar surface area (TPSA) is 70.2 Å². The van der Waals surface area contributed by atoms with Crippen LogP contribution in [0, 0.1) is 23.4 Å². The van der Waals surface area contributed by atoms with Gasteiger partial charge in [0.2, 0.25) is 5.91 Å². The molecule has 3 aromatic carbocycles. The first-order valence-corrected chi connectivity index (χ1v) is 13.1. The lowest BCUT2D eigenvalue weighted by atomic mass is 9.97. The highest BCUT2D eigenvalue weighted by Gasteiger charge is 2.35. The molecule has 0 atom stereocenters. The summed E-state index contributed by atoms with van der Waals surface area (Å²) in [6, 6.07) is 13.2. The molecule has 0 bridgehead atoms. The van der Waals surface area contributed by atoms with Crippen molar-refractivity contribution in [1.29, 1.82) is 0 Å². The van der Waals surface area contributed by atoms with Crippen molar-refractivity contribution in [3.63, 3.8) is 0 Å². The molecule has 5 rings (SSSR count). The maximum Gasteiger partial charge on any atom is 0.324 e. The van der Waals surface area contributed by atoms with Gasteiger partial charge in [-0.3, -0.25) is 19.4 Å². The number of carbonyl (C=O) groups is 3. The molecule has 0 unspecified atom stereocenters. The minimum Gasteiger partial charge on any atom is -0.469 e. The average Bonchev–Trinajstić information content (AvgIpc) is 3.37. The van der Waals surface area contributed by atoms with Crippen LogP contribution in [0.3, 0.4) is 0 Å². The molecule has 2 heterocycles. The van der Waals surface area contributed by atoms with Gasteiger partial charge in [-0.2, -0.15) is 0 Å². The number of benzene rings is 3.